The van der Waals surface area contributed by atoms with Crippen molar-refractivity contribution in [1.29, 1.82) is 0 Å². The number of nitrogens with one attached hydrogen (secondary N) is 1. The lowest BCUT2D eigenvalue weighted by atomic mass is 10.1. The number of benzene rings is 2. The van der Waals surface area contributed by atoms with Crippen molar-refractivity contribution in [1.82, 2.24) is 5.32 Å². The number of halogens is 1. The van der Waals surface area contributed by atoms with Gasteiger partial charge in [-0.05, 0) is 36.2 Å². The highest BCUT2D eigenvalue weighted by Gasteiger charge is 2.06. The van der Waals surface area contributed by atoms with Gasteiger partial charge in [-0.1, -0.05) is 41.9 Å². The molecule has 2 rings (SSSR count). The highest BCUT2D eigenvalue weighted by Crippen LogP contribution is 2.20. The van der Waals surface area contributed by atoms with E-state index >= 15 is 0 Å². The van der Waals surface area contributed by atoms with Crippen LogP contribution in [0.25, 0.3) is 0 Å². The Kier molecular flexibility index (Phi) is 4.24. The first-order valence-corrected chi connectivity index (χ1v) is 6.30. The van der Waals surface area contributed by atoms with Gasteiger partial charge in [0.05, 0.1) is 0 Å². The van der Waals surface area contributed by atoms with Crippen molar-refractivity contribution >= 4 is 11.6 Å². The molecule has 1 unspecified atom stereocenters. The molecule has 0 fully saturated rings. The van der Waals surface area contributed by atoms with E-state index in [1.54, 1.807) is 12.1 Å². The minimum atomic E-state index is 0.161. The highest BCUT2D eigenvalue weighted by atomic mass is 35.5. The number of aromatic hydroxyl groups is 1. The van der Waals surface area contributed by atoms with E-state index in [9.17, 15) is 5.11 Å². The molecule has 0 aliphatic rings. The van der Waals surface area contributed by atoms with Crippen molar-refractivity contribution in [2.45, 2.75) is 19.5 Å². The van der Waals surface area contributed by atoms with Gasteiger partial charge in [0.2, 0.25) is 0 Å². The molecule has 1 atom stereocenters. The molecule has 94 valence electrons. The molecule has 0 aliphatic carbocycles. The van der Waals surface area contributed by atoms with Gasteiger partial charge < -0.3 is 10.4 Å². The maximum absolute atomic E-state index is 9.44. The third-order valence-corrected chi connectivity index (χ3v) is 3.30. The van der Waals surface area contributed by atoms with Gasteiger partial charge >= 0.3 is 0 Å². The molecule has 0 amide bonds. The maximum Gasteiger partial charge on any atom is 0.115 e. The third-order valence-electron chi connectivity index (χ3n) is 2.93. The molecule has 2 aromatic rings. The van der Waals surface area contributed by atoms with E-state index in [1.807, 2.05) is 36.4 Å². The van der Waals surface area contributed by atoms with Crippen LogP contribution in [-0.2, 0) is 6.54 Å². The van der Waals surface area contributed by atoms with Gasteiger partial charge in [0, 0.05) is 17.6 Å². The first kappa shape index (κ1) is 12.9. The second-order valence-corrected chi connectivity index (χ2v) is 4.70. The van der Waals surface area contributed by atoms with Gasteiger partial charge in [-0.3, -0.25) is 0 Å². The Labute approximate surface area is 112 Å². The average molecular weight is 262 g/mol. The smallest absolute Gasteiger partial charge is 0.115 e. The molecule has 18 heavy (non-hydrogen) atoms. The molecule has 0 spiro atoms. The van der Waals surface area contributed by atoms with Crippen molar-refractivity contribution in [3.8, 4) is 5.75 Å². The molecule has 2 N–H and O–H groups in total. The Hall–Kier alpha value is -1.51. The SMILES string of the molecule is CC(NCc1ccccc1Cl)c1cccc(O)c1. The molecule has 2 aromatic carbocycles. The van der Waals surface area contributed by atoms with Crippen molar-refractivity contribution in [3.05, 3.63) is 64.7 Å². The molecular weight excluding hydrogens is 246 g/mol. The summed E-state index contributed by atoms with van der Waals surface area (Å²) in [6.07, 6.45) is 0. The summed E-state index contributed by atoms with van der Waals surface area (Å²) in [6, 6.07) is 15.2. The Bertz CT molecular complexity index is 527. The molecule has 0 aromatic heterocycles. The summed E-state index contributed by atoms with van der Waals surface area (Å²) in [5.41, 5.74) is 2.13. The topological polar surface area (TPSA) is 32.3 Å². The Morgan fingerprint density at radius 3 is 2.67 bits per heavy atom. The van der Waals surface area contributed by atoms with Crippen LogP contribution in [0.2, 0.25) is 5.02 Å². The van der Waals surface area contributed by atoms with E-state index in [0.29, 0.717) is 12.3 Å². The largest absolute Gasteiger partial charge is 0.508 e. The van der Waals surface area contributed by atoms with E-state index in [-0.39, 0.29) is 6.04 Å². The molecule has 0 saturated carbocycles. The summed E-state index contributed by atoms with van der Waals surface area (Å²) in [6.45, 7) is 2.77. The van der Waals surface area contributed by atoms with Crippen molar-refractivity contribution in [2.75, 3.05) is 0 Å². The van der Waals surface area contributed by atoms with Crippen LogP contribution in [0.15, 0.2) is 48.5 Å². The Balaban J connectivity index is 2.00. The van der Waals surface area contributed by atoms with Crippen LogP contribution in [0.1, 0.15) is 24.1 Å². The van der Waals surface area contributed by atoms with E-state index in [4.69, 9.17) is 11.6 Å². The van der Waals surface area contributed by atoms with Crippen molar-refractivity contribution in [2.24, 2.45) is 0 Å². The Morgan fingerprint density at radius 1 is 1.17 bits per heavy atom. The van der Waals surface area contributed by atoms with Crippen molar-refractivity contribution in [3.63, 3.8) is 0 Å². The monoisotopic (exact) mass is 261 g/mol. The molecule has 0 radical (unpaired) electrons. The fourth-order valence-electron chi connectivity index (χ4n) is 1.82. The quantitative estimate of drug-likeness (QED) is 0.875. The van der Waals surface area contributed by atoms with Crippen LogP contribution in [0, 0.1) is 0 Å². The molecule has 2 nitrogen and oxygen atoms in total. The lowest BCUT2D eigenvalue weighted by molar-refractivity contribution is 0.472. The molecule has 3 heteroatoms. The van der Waals surface area contributed by atoms with Crippen molar-refractivity contribution < 1.29 is 5.11 Å². The van der Waals surface area contributed by atoms with E-state index in [0.717, 1.165) is 16.1 Å². The zero-order valence-electron chi connectivity index (χ0n) is 10.2. The third kappa shape index (κ3) is 3.25. The number of phenolic OH excluding ortho intramolecular Hbond substituents is 1. The van der Waals surface area contributed by atoms with Crippen LogP contribution in [0.3, 0.4) is 0 Å². The van der Waals surface area contributed by atoms with Gasteiger partial charge in [0.15, 0.2) is 0 Å². The normalized spacial score (nSPS) is 12.3. The average Bonchev–Trinajstić information content (AvgIpc) is 2.37. The summed E-state index contributed by atoms with van der Waals surface area (Å²) < 4.78 is 0. The Morgan fingerprint density at radius 2 is 1.94 bits per heavy atom. The van der Waals surface area contributed by atoms with Gasteiger partial charge in [0.25, 0.3) is 0 Å². The molecular formula is C15H16ClNO. The van der Waals surface area contributed by atoms with Crippen LogP contribution in [-0.4, -0.2) is 5.11 Å². The van der Waals surface area contributed by atoms with Crippen LogP contribution >= 0.6 is 11.6 Å². The van der Waals surface area contributed by atoms with Gasteiger partial charge in [-0.25, -0.2) is 0 Å². The fraction of sp³-hybridized carbons (Fsp3) is 0.200. The summed E-state index contributed by atoms with van der Waals surface area (Å²) in [7, 11) is 0. The molecule has 0 saturated heterocycles. The summed E-state index contributed by atoms with van der Waals surface area (Å²) in [5, 5.41) is 13.6. The lowest BCUT2D eigenvalue weighted by Gasteiger charge is -2.15. The predicted molar refractivity (Wildman–Crippen MR) is 74.8 cm³/mol. The summed E-state index contributed by atoms with van der Waals surface area (Å²) >= 11 is 6.10. The van der Waals surface area contributed by atoms with E-state index in [1.165, 1.54) is 0 Å². The van der Waals surface area contributed by atoms with Gasteiger partial charge in [0.1, 0.15) is 5.75 Å². The van der Waals surface area contributed by atoms with Crippen LogP contribution < -0.4 is 5.32 Å². The van der Waals surface area contributed by atoms with Gasteiger partial charge in [-0.15, -0.1) is 0 Å². The second kappa shape index (κ2) is 5.89. The maximum atomic E-state index is 9.44. The molecule has 0 heterocycles. The number of hydrogen-bond acceptors (Lipinski definition) is 2. The standard InChI is InChI=1S/C15H16ClNO/c1-11(12-6-4-7-14(18)9-12)17-10-13-5-2-3-8-15(13)16/h2-9,11,17-18H,10H2,1H3. The second-order valence-electron chi connectivity index (χ2n) is 4.29. The van der Waals surface area contributed by atoms with Gasteiger partial charge in [-0.2, -0.15) is 0 Å². The minimum Gasteiger partial charge on any atom is -0.508 e. The number of hydrogen-bond donors (Lipinski definition) is 2. The van der Waals surface area contributed by atoms with E-state index in [2.05, 4.69) is 12.2 Å². The summed E-state index contributed by atoms with van der Waals surface area (Å²) in [5.74, 6) is 0.291. The zero-order chi connectivity index (χ0) is 13.0. The first-order chi connectivity index (χ1) is 8.66. The minimum absolute atomic E-state index is 0.161. The van der Waals surface area contributed by atoms with E-state index < -0.39 is 0 Å². The number of rotatable bonds is 4. The summed E-state index contributed by atoms with van der Waals surface area (Å²) in [4.78, 5) is 0. The number of phenols is 1. The molecule has 0 aliphatic heterocycles. The predicted octanol–water partition coefficient (Wildman–Crippen LogP) is 3.90. The zero-order valence-corrected chi connectivity index (χ0v) is 11.0. The van der Waals surface area contributed by atoms with Crippen LogP contribution in [0.5, 0.6) is 5.75 Å². The molecule has 0 bridgehead atoms. The first-order valence-electron chi connectivity index (χ1n) is 5.92. The fourth-order valence-corrected chi connectivity index (χ4v) is 2.02. The van der Waals surface area contributed by atoms with Crippen LogP contribution in [0.4, 0.5) is 0 Å². The lowest BCUT2D eigenvalue weighted by Crippen LogP contribution is -2.18. The highest BCUT2D eigenvalue weighted by molar-refractivity contribution is 6.31.